The average molecular weight is 379 g/mol. The van der Waals surface area contributed by atoms with Crippen LogP contribution in [-0.2, 0) is 25.0 Å². The molecule has 11 heteroatoms. The van der Waals surface area contributed by atoms with Crippen LogP contribution < -0.4 is 9.03 Å². The molecule has 0 radical (unpaired) electrons. The number of benzene rings is 1. The molecule has 1 rings (SSSR count). The highest BCUT2D eigenvalue weighted by atomic mass is 32.2. The van der Waals surface area contributed by atoms with Gasteiger partial charge in [0.1, 0.15) is 0 Å². The molecule has 0 unspecified atom stereocenters. The van der Waals surface area contributed by atoms with E-state index in [-0.39, 0.29) is 18.7 Å². The number of hydrogen-bond acceptors (Lipinski definition) is 6. The zero-order valence-corrected chi connectivity index (χ0v) is 15.5. The number of anilines is 1. The van der Waals surface area contributed by atoms with Gasteiger partial charge in [-0.2, -0.15) is 12.7 Å². The summed E-state index contributed by atoms with van der Waals surface area (Å²) in [7, 11) is -3.30. The van der Waals surface area contributed by atoms with Crippen molar-refractivity contribution in [3.63, 3.8) is 0 Å². The molecule has 0 heterocycles. The van der Waals surface area contributed by atoms with Gasteiger partial charge in [0, 0.05) is 27.2 Å². The van der Waals surface area contributed by atoms with Crippen LogP contribution >= 0.6 is 0 Å². The van der Waals surface area contributed by atoms with Crippen molar-refractivity contribution in [2.75, 3.05) is 44.9 Å². The predicted molar refractivity (Wildman–Crippen MR) is 90.6 cm³/mol. The van der Waals surface area contributed by atoms with E-state index in [1.165, 1.54) is 45.5 Å². The van der Waals surface area contributed by atoms with Crippen LogP contribution in [0.1, 0.15) is 10.4 Å². The Hall–Kier alpha value is -1.69. The molecule has 1 aromatic rings. The number of carbonyl (C=O) groups is 1. The quantitative estimate of drug-likeness (QED) is 0.617. The second kappa shape index (κ2) is 7.92. The van der Waals surface area contributed by atoms with Crippen molar-refractivity contribution in [1.82, 2.24) is 9.03 Å². The van der Waals surface area contributed by atoms with Crippen LogP contribution in [0.4, 0.5) is 5.69 Å². The zero-order chi connectivity index (χ0) is 18.5. The third kappa shape index (κ3) is 5.44. The van der Waals surface area contributed by atoms with Crippen LogP contribution in [0.3, 0.4) is 0 Å². The number of nitrogens with one attached hydrogen (secondary N) is 1. The minimum atomic E-state index is -3.64. The maximum Gasteiger partial charge on any atom is 0.337 e. The lowest BCUT2D eigenvalue weighted by Gasteiger charge is -2.23. The summed E-state index contributed by atoms with van der Waals surface area (Å²) in [5.41, 5.74) is 0.595. The van der Waals surface area contributed by atoms with Gasteiger partial charge in [0.15, 0.2) is 0 Å². The molecule has 136 valence electrons. The zero-order valence-electron chi connectivity index (χ0n) is 13.9. The number of hydrogen-bond donors (Lipinski definition) is 1. The van der Waals surface area contributed by atoms with Gasteiger partial charge in [0.25, 0.3) is 10.2 Å². The second-order valence-corrected chi connectivity index (χ2v) is 8.93. The van der Waals surface area contributed by atoms with Gasteiger partial charge < -0.3 is 4.74 Å². The van der Waals surface area contributed by atoms with Crippen molar-refractivity contribution in [3.8, 4) is 0 Å². The average Bonchev–Trinajstić information content (AvgIpc) is 2.49. The molecule has 0 aliphatic heterocycles. The molecule has 0 spiro atoms. The molecule has 0 fully saturated rings. The number of esters is 1. The highest BCUT2D eigenvalue weighted by Crippen LogP contribution is 2.18. The first kappa shape index (κ1) is 20.4. The second-order valence-electron chi connectivity index (χ2n) is 5.06. The van der Waals surface area contributed by atoms with E-state index in [4.69, 9.17) is 0 Å². The summed E-state index contributed by atoms with van der Waals surface area (Å²) in [6, 6.07) is 5.77. The summed E-state index contributed by atoms with van der Waals surface area (Å²) < 4.78 is 56.1. The first-order valence-electron chi connectivity index (χ1n) is 6.82. The van der Waals surface area contributed by atoms with Gasteiger partial charge in [-0.1, -0.05) is 0 Å². The number of methoxy groups -OCH3 is 1. The molecule has 9 nitrogen and oxygen atoms in total. The van der Waals surface area contributed by atoms with Crippen LogP contribution in [-0.4, -0.2) is 67.7 Å². The molecule has 24 heavy (non-hydrogen) atoms. The molecule has 0 aliphatic rings. The molecule has 0 bridgehead atoms. The van der Waals surface area contributed by atoms with Gasteiger partial charge in [-0.05, 0) is 24.3 Å². The standard InChI is InChI=1S/C13H21N3O6S2/c1-15(2)24(20,21)14-9-10-16(23(4,18)19)12-7-5-11(6-8-12)13(17)22-3/h5-8,14H,9-10H2,1-4H3. The molecular weight excluding hydrogens is 358 g/mol. The van der Waals surface area contributed by atoms with E-state index in [2.05, 4.69) is 9.46 Å². The van der Waals surface area contributed by atoms with Gasteiger partial charge in [-0.3, -0.25) is 4.31 Å². The first-order chi connectivity index (χ1) is 11.0. The van der Waals surface area contributed by atoms with E-state index in [0.29, 0.717) is 5.69 Å². The highest BCUT2D eigenvalue weighted by Gasteiger charge is 2.19. The summed E-state index contributed by atoms with van der Waals surface area (Å²) in [6.45, 7) is -0.199. The SMILES string of the molecule is COC(=O)c1ccc(N(CCNS(=O)(=O)N(C)C)S(C)(=O)=O)cc1. The fourth-order valence-corrected chi connectivity index (χ4v) is 3.31. The Morgan fingerprint density at radius 3 is 2.08 bits per heavy atom. The van der Waals surface area contributed by atoms with Crippen LogP contribution in [0, 0.1) is 0 Å². The fourth-order valence-electron chi connectivity index (χ4n) is 1.77. The maximum absolute atomic E-state index is 11.9. The van der Waals surface area contributed by atoms with E-state index in [1.54, 1.807) is 0 Å². The Kier molecular flexibility index (Phi) is 6.72. The van der Waals surface area contributed by atoms with Crippen molar-refractivity contribution in [2.45, 2.75) is 0 Å². The third-order valence-corrected chi connectivity index (χ3v) is 5.78. The summed E-state index contributed by atoms with van der Waals surface area (Å²) >= 11 is 0. The largest absolute Gasteiger partial charge is 0.465 e. The summed E-state index contributed by atoms with van der Waals surface area (Å²) in [6.07, 6.45) is 1.02. The van der Waals surface area contributed by atoms with Gasteiger partial charge in [0.05, 0.1) is 24.6 Å². The Morgan fingerprint density at radius 1 is 1.12 bits per heavy atom. The number of sulfonamides is 1. The number of nitrogens with zero attached hydrogens (tertiary/aromatic N) is 2. The molecular formula is C13H21N3O6S2. The van der Waals surface area contributed by atoms with Crippen molar-refractivity contribution in [3.05, 3.63) is 29.8 Å². The summed E-state index contributed by atoms with van der Waals surface area (Å²) in [5.74, 6) is -0.536. The van der Waals surface area contributed by atoms with Crippen molar-refractivity contribution >= 4 is 31.9 Å². The Balaban J connectivity index is 2.93. The third-order valence-electron chi connectivity index (χ3n) is 3.06. The molecule has 0 aromatic heterocycles. The van der Waals surface area contributed by atoms with Crippen LogP contribution in [0.5, 0.6) is 0 Å². The number of rotatable bonds is 8. The molecule has 0 saturated heterocycles. The van der Waals surface area contributed by atoms with E-state index in [9.17, 15) is 21.6 Å². The predicted octanol–water partition coefficient (Wildman–Crippen LogP) is -0.365. The highest BCUT2D eigenvalue weighted by molar-refractivity contribution is 7.92. The monoisotopic (exact) mass is 379 g/mol. The topological polar surface area (TPSA) is 113 Å². The number of ether oxygens (including phenoxy) is 1. The Morgan fingerprint density at radius 2 is 1.67 bits per heavy atom. The normalized spacial score (nSPS) is 12.2. The van der Waals surface area contributed by atoms with E-state index in [0.717, 1.165) is 14.9 Å². The first-order valence-corrected chi connectivity index (χ1v) is 10.1. The van der Waals surface area contributed by atoms with Gasteiger partial charge >= 0.3 is 5.97 Å². The van der Waals surface area contributed by atoms with Crippen molar-refractivity contribution < 1.29 is 26.4 Å². The van der Waals surface area contributed by atoms with Crippen LogP contribution in [0.15, 0.2) is 24.3 Å². The smallest absolute Gasteiger partial charge is 0.337 e. The van der Waals surface area contributed by atoms with E-state index in [1.807, 2.05) is 0 Å². The molecule has 0 amide bonds. The Bertz CT molecular complexity index is 772. The van der Waals surface area contributed by atoms with Gasteiger partial charge in [-0.15, -0.1) is 0 Å². The molecule has 1 aromatic carbocycles. The van der Waals surface area contributed by atoms with E-state index >= 15 is 0 Å². The van der Waals surface area contributed by atoms with Gasteiger partial charge in [0.2, 0.25) is 10.0 Å². The lowest BCUT2D eigenvalue weighted by atomic mass is 10.2. The minimum Gasteiger partial charge on any atom is -0.465 e. The van der Waals surface area contributed by atoms with Gasteiger partial charge in [-0.25, -0.2) is 17.9 Å². The maximum atomic E-state index is 11.9. The van der Waals surface area contributed by atoms with Crippen molar-refractivity contribution in [2.24, 2.45) is 0 Å². The lowest BCUT2D eigenvalue weighted by Crippen LogP contribution is -2.42. The summed E-state index contributed by atoms with van der Waals surface area (Å²) in [5, 5.41) is 0. The Labute approximate surface area is 142 Å². The summed E-state index contributed by atoms with van der Waals surface area (Å²) in [4.78, 5) is 11.4. The van der Waals surface area contributed by atoms with Crippen LogP contribution in [0.25, 0.3) is 0 Å². The molecule has 0 aliphatic carbocycles. The van der Waals surface area contributed by atoms with Crippen LogP contribution in [0.2, 0.25) is 0 Å². The molecule has 0 atom stereocenters. The molecule has 0 saturated carbocycles. The fraction of sp³-hybridized carbons (Fsp3) is 0.462. The minimum absolute atomic E-state index is 0.0938. The van der Waals surface area contributed by atoms with E-state index < -0.39 is 26.2 Å². The number of carbonyl (C=O) groups excluding carboxylic acids is 1. The molecule has 1 N–H and O–H groups in total. The van der Waals surface area contributed by atoms with Crippen molar-refractivity contribution in [1.29, 1.82) is 0 Å². The lowest BCUT2D eigenvalue weighted by molar-refractivity contribution is 0.0600.